The van der Waals surface area contributed by atoms with E-state index in [0.29, 0.717) is 11.7 Å². The first-order valence-electron chi connectivity index (χ1n) is 6.64. The van der Waals surface area contributed by atoms with Gasteiger partial charge in [-0.15, -0.1) is 0 Å². The topological polar surface area (TPSA) is 126 Å². The van der Waals surface area contributed by atoms with Gasteiger partial charge in [-0.3, -0.25) is 9.89 Å². The van der Waals surface area contributed by atoms with Crippen molar-refractivity contribution in [2.45, 2.75) is 39.8 Å². The fraction of sp³-hybridized carbons (Fsp3) is 0.667. The minimum Gasteiger partial charge on any atom is -0.712 e. The molecule has 2 unspecified atom stereocenters. The van der Waals surface area contributed by atoms with Crippen LogP contribution in [0.1, 0.15) is 27.7 Å². The van der Waals surface area contributed by atoms with Gasteiger partial charge in [0.15, 0.2) is 5.84 Å². The number of rotatable bonds is 3. The van der Waals surface area contributed by atoms with E-state index in [-0.39, 0.29) is 17.7 Å². The first kappa shape index (κ1) is 14.3. The van der Waals surface area contributed by atoms with Crippen LogP contribution in [0.2, 0.25) is 0 Å². The molecule has 0 aromatic heterocycles. The zero-order valence-corrected chi connectivity index (χ0v) is 12.0. The second kappa shape index (κ2) is 5.10. The molecule has 2 atom stereocenters. The molecule has 0 aliphatic carbocycles. The third-order valence-corrected chi connectivity index (χ3v) is 3.29. The molecule has 8 nitrogen and oxygen atoms in total. The smallest absolute Gasteiger partial charge is 0.297 e. The van der Waals surface area contributed by atoms with Crippen molar-refractivity contribution in [3.63, 3.8) is 0 Å². The van der Waals surface area contributed by atoms with Gasteiger partial charge >= 0.3 is 0 Å². The minimum absolute atomic E-state index is 0.0469. The Morgan fingerprint density at radius 2 is 1.90 bits per heavy atom. The summed E-state index contributed by atoms with van der Waals surface area (Å²) in [7, 11) is 0. The zero-order chi connectivity index (χ0) is 15.0. The van der Waals surface area contributed by atoms with Gasteiger partial charge in [-0.25, -0.2) is 10.3 Å². The summed E-state index contributed by atoms with van der Waals surface area (Å²) in [4.78, 5) is 11.4. The summed E-state index contributed by atoms with van der Waals surface area (Å²) in [6.07, 6.45) is 0. The maximum Gasteiger partial charge on any atom is 0.297 e. The normalized spacial score (nSPS) is 25.7. The van der Waals surface area contributed by atoms with Crippen LogP contribution in [-0.2, 0) is 0 Å². The molecule has 2 aliphatic rings. The van der Waals surface area contributed by atoms with Gasteiger partial charge in [0.25, 0.3) is 17.5 Å². The van der Waals surface area contributed by atoms with E-state index in [9.17, 15) is 10.4 Å². The molecule has 8 heteroatoms. The molecule has 2 aliphatic heterocycles. The molecule has 0 bridgehead atoms. The van der Waals surface area contributed by atoms with E-state index < -0.39 is 17.0 Å². The van der Waals surface area contributed by atoms with Crippen molar-refractivity contribution in [2.24, 2.45) is 27.6 Å². The van der Waals surface area contributed by atoms with Crippen LogP contribution < -0.4 is 16.0 Å². The van der Waals surface area contributed by atoms with Crippen LogP contribution >= 0.6 is 0 Å². The van der Waals surface area contributed by atoms with Crippen LogP contribution in [0.4, 0.5) is 0 Å². The maximum atomic E-state index is 11.2. The highest BCUT2D eigenvalue weighted by Crippen LogP contribution is 2.12. The fourth-order valence-electron chi connectivity index (χ4n) is 2.14. The van der Waals surface area contributed by atoms with E-state index in [1.165, 1.54) is 0 Å². The highest BCUT2D eigenvalue weighted by molar-refractivity contribution is 6.11. The Bertz CT molecular complexity index is 528. The predicted octanol–water partition coefficient (Wildman–Crippen LogP) is -1.71. The Kier molecular flexibility index (Phi) is 3.65. The summed E-state index contributed by atoms with van der Waals surface area (Å²) in [5.41, 5.74) is 5.90. The molecule has 0 amide bonds. The Balaban J connectivity index is 2.36. The van der Waals surface area contributed by atoms with Crippen LogP contribution in [0.3, 0.4) is 0 Å². The van der Waals surface area contributed by atoms with E-state index in [1.807, 2.05) is 27.7 Å². The lowest BCUT2D eigenvalue weighted by atomic mass is 10.1. The SMILES string of the molecule is CC(C)C1=NC(C2[NH+]=C(C(C)C)N=C2N)C(=[N+]([O-])[O-])N1. The molecule has 4 N–H and O–H groups in total. The number of nitrogens with zero attached hydrogens (tertiary/aromatic N) is 3. The zero-order valence-electron chi connectivity index (χ0n) is 12.0. The summed E-state index contributed by atoms with van der Waals surface area (Å²) in [6, 6.07) is -1.13. The van der Waals surface area contributed by atoms with Crippen LogP contribution in [0.5, 0.6) is 0 Å². The van der Waals surface area contributed by atoms with Crippen LogP contribution in [-0.4, -0.2) is 40.3 Å². The molecule has 0 saturated carbocycles. The standard InChI is InChI=1S/C12H19N6O2/c1-5(2)10-14-7(9(13)16-10)8-12(18(19)20)17-11(15-8)6(3)4/h5-8H,1-4H3,(H3-,13,14,15,16,17,19,20)/q-1/p+1. The van der Waals surface area contributed by atoms with Crippen molar-refractivity contribution in [2.75, 3.05) is 0 Å². The molecule has 0 aromatic carbocycles. The average Bonchev–Trinajstić information content (AvgIpc) is 2.91. The summed E-state index contributed by atoms with van der Waals surface area (Å²) in [5, 5.41) is 25.1. The molecule has 2 heterocycles. The van der Waals surface area contributed by atoms with E-state index in [2.05, 4.69) is 20.3 Å². The second-order valence-corrected chi connectivity index (χ2v) is 5.58. The van der Waals surface area contributed by atoms with E-state index in [1.54, 1.807) is 0 Å². The van der Waals surface area contributed by atoms with E-state index in [0.717, 1.165) is 5.84 Å². The van der Waals surface area contributed by atoms with Crippen molar-refractivity contribution in [3.8, 4) is 0 Å². The summed E-state index contributed by atoms with van der Waals surface area (Å²) >= 11 is 0. The van der Waals surface area contributed by atoms with Gasteiger partial charge in [0.1, 0.15) is 0 Å². The number of nitrogens with two attached hydrogens (primary N) is 1. The fourth-order valence-corrected chi connectivity index (χ4v) is 2.14. The highest BCUT2D eigenvalue weighted by atomic mass is 16.8. The molecule has 0 saturated heterocycles. The first-order chi connectivity index (χ1) is 9.31. The lowest BCUT2D eigenvalue weighted by molar-refractivity contribution is -0.483. The van der Waals surface area contributed by atoms with E-state index >= 15 is 0 Å². The lowest BCUT2D eigenvalue weighted by Crippen LogP contribution is -2.83. The monoisotopic (exact) mass is 280 g/mol. The Morgan fingerprint density at radius 3 is 2.35 bits per heavy atom. The molecular formula is C12H20N6O2. The van der Waals surface area contributed by atoms with Gasteiger partial charge in [0.05, 0.1) is 5.92 Å². The van der Waals surface area contributed by atoms with Crippen LogP contribution in [0.15, 0.2) is 9.98 Å². The number of nitrogens with one attached hydrogen (secondary N) is 2. The number of amidine groups is 4. The van der Waals surface area contributed by atoms with Crippen LogP contribution in [0, 0.1) is 22.3 Å². The second-order valence-electron chi connectivity index (χ2n) is 5.58. The molecular weight excluding hydrogens is 260 g/mol. The van der Waals surface area contributed by atoms with Crippen molar-refractivity contribution in [1.82, 2.24) is 5.32 Å². The Hall–Kier alpha value is -2.12. The molecule has 0 aromatic rings. The number of hydrogen-bond donors (Lipinski definition) is 3. The Morgan fingerprint density at radius 1 is 1.25 bits per heavy atom. The molecule has 2 rings (SSSR count). The molecule has 0 spiro atoms. The third kappa shape index (κ3) is 2.45. The quantitative estimate of drug-likeness (QED) is 0.420. The van der Waals surface area contributed by atoms with Gasteiger partial charge in [0, 0.05) is 5.92 Å². The lowest BCUT2D eigenvalue weighted by Gasteiger charge is -2.17. The third-order valence-electron chi connectivity index (χ3n) is 3.29. The highest BCUT2D eigenvalue weighted by Gasteiger charge is 2.46. The van der Waals surface area contributed by atoms with Crippen molar-refractivity contribution < 1.29 is 9.89 Å². The first-order valence-corrected chi connectivity index (χ1v) is 6.64. The summed E-state index contributed by atoms with van der Waals surface area (Å²) in [5.74, 6) is 1.91. The summed E-state index contributed by atoms with van der Waals surface area (Å²) < 4.78 is 0. The molecule has 20 heavy (non-hydrogen) atoms. The molecule has 0 fully saturated rings. The van der Waals surface area contributed by atoms with Gasteiger partial charge in [-0.1, -0.05) is 27.7 Å². The van der Waals surface area contributed by atoms with E-state index in [4.69, 9.17) is 5.73 Å². The van der Waals surface area contributed by atoms with Gasteiger partial charge in [0.2, 0.25) is 12.1 Å². The average molecular weight is 280 g/mol. The largest absolute Gasteiger partial charge is 0.712 e. The van der Waals surface area contributed by atoms with Crippen molar-refractivity contribution in [3.05, 3.63) is 10.4 Å². The molecule has 0 radical (unpaired) electrons. The number of aliphatic imine (C=N–C) groups is 2. The van der Waals surface area contributed by atoms with Gasteiger partial charge in [-0.05, 0) is 4.99 Å². The molecule has 110 valence electrons. The number of hydrogen-bond acceptors (Lipinski definition) is 5. The predicted molar refractivity (Wildman–Crippen MR) is 77.4 cm³/mol. The van der Waals surface area contributed by atoms with Crippen molar-refractivity contribution in [1.29, 1.82) is 0 Å². The minimum atomic E-state index is -0.664. The van der Waals surface area contributed by atoms with Gasteiger partial charge in [-0.2, -0.15) is 0 Å². The maximum absolute atomic E-state index is 11.2. The Labute approximate surface area is 117 Å². The van der Waals surface area contributed by atoms with Crippen molar-refractivity contribution >= 4 is 23.3 Å². The van der Waals surface area contributed by atoms with Crippen LogP contribution in [0.25, 0.3) is 0 Å². The summed E-state index contributed by atoms with van der Waals surface area (Å²) in [6.45, 7) is 7.82. The van der Waals surface area contributed by atoms with Gasteiger partial charge < -0.3 is 16.1 Å².